The van der Waals surface area contributed by atoms with E-state index in [2.05, 4.69) is 4.98 Å². The maximum Gasteiger partial charge on any atom is 0.183 e. The molecule has 0 aliphatic carbocycles. The molecular weight excluding hydrogens is 150 g/mol. The summed E-state index contributed by atoms with van der Waals surface area (Å²) in [7, 11) is 0. The monoisotopic (exact) mass is 163 g/mol. The number of nitrogens with zero attached hydrogens (tertiary/aromatic N) is 1. The highest BCUT2D eigenvalue weighted by molar-refractivity contribution is 5.95. The van der Waals surface area contributed by atoms with E-state index in [9.17, 15) is 4.79 Å². The maximum absolute atomic E-state index is 11.4. The van der Waals surface area contributed by atoms with Crippen molar-refractivity contribution in [2.45, 2.75) is 20.8 Å². The predicted octanol–water partition coefficient (Wildman–Crippen LogP) is 2.23. The second-order valence-corrected chi connectivity index (χ2v) is 3.24. The van der Waals surface area contributed by atoms with Gasteiger partial charge in [0, 0.05) is 12.1 Å². The van der Waals surface area contributed by atoms with Gasteiger partial charge in [-0.25, -0.2) is 0 Å². The molecule has 1 heterocycles. The van der Waals surface area contributed by atoms with E-state index < -0.39 is 0 Å². The minimum Gasteiger partial charge on any atom is -0.292 e. The smallest absolute Gasteiger partial charge is 0.183 e. The van der Waals surface area contributed by atoms with Crippen molar-refractivity contribution in [3.8, 4) is 0 Å². The van der Waals surface area contributed by atoms with Crippen LogP contribution in [-0.2, 0) is 0 Å². The Balaban J connectivity index is 2.90. The van der Waals surface area contributed by atoms with E-state index >= 15 is 0 Å². The highest BCUT2D eigenvalue weighted by atomic mass is 16.1. The Morgan fingerprint density at radius 1 is 1.42 bits per heavy atom. The third-order valence-electron chi connectivity index (χ3n) is 1.69. The summed E-state index contributed by atoms with van der Waals surface area (Å²) >= 11 is 0. The molecule has 2 heteroatoms. The van der Waals surface area contributed by atoms with E-state index in [-0.39, 0.29) is 11.7 Å². The normalized spacial score (nSPS) is 10.3. The van der Waals surface area contributed by atoms with Crippen LogP contribution >= 0.6 is 0 Å². The average Bonchev–Trinajstić information content (AvgIpc) is 2.04. The third-order valence-corrected chi connectivity index (χ3v) is 1.69. The van der Waals surface area contributed by atoms with Gasteiger partial charge in [0.2, 0.25) is 0 Å². The number of hydrogen-bond donors (Lipinski definition) is 0. The van der Waals surface area contributed by atoms with Crippen molar-refractivity contribution < 1.29 is 4.79 Å². The number of carbonyl (C=O) groups excluding carboxylic acids is 1. The Hall–Kier alpha value is -1.18. The van der Waals surface area contributed by atoms with Crippen LogP contribution in [0, 0.1) is 12.8 Å². The van der Waals surface area contributed by atoms with Gasteiger partial charge >= 0.3 is 0 Å². The second-order valence-electron chi connectivity index (χ2n) is 3.24. The van der Waals surface area contributed by atoms with Crippen LogP contribution < -0.4 is 0 Å². The Bertz CT molecular complexity index is 274. The number of hydrogen-bond acceptors (Lipinski definition) is 2. The molecule has 0 unspecified atom stereocenters. The van der Waals surface area contributed by atoms with Gasteiger partial charge in [0.15, 0.2) is 5.78 Å². The Morgan fingerprint density at radius 2 is 2.08 bits per heavy atom. The molecule has 0 saturated carbocycles. The van der Waals surface area contributed by atoms with Crippen molar-refractivity contribution >= 4 is 5.78 Å². The van der Waals surface area contributed by atoms with Crippen molar-refractivity contribution in [2.24, 2.45) is 5.92 Å². The van der Waals surface area contributed by atoms with Crippen molar-refractivity contribution in [1.82, 2.24) is 4.98 Å². The molecule has 2 nitrogen and oxygen atoms in total. The molecule has 64 valence electrons. The predicted molar refractivity (Wildman–Crippen MR) is 48.1 cm³/mol. The van der Waals surface area contributed by atoms with Crippen molar-refractivity contribution in [1.29, 1.82) is 0 Å². The van der Waals surface area contributed by atoms with Crippen LogP contribution in [0.25, 0.3) is 0 Å². The fraction of sp³-hybridized carbons (Fsp3) is 0.400. The van der Waals surface area contributed by atoms with Gasteiger partial charge in [-0.05, 0) is 18.6 Å². The van der Waals surface area contributed by atoms with Crippen LogP contribution in [0.1, 0.15) is 29.9 Å². The summed E-state index contributed by atoms with van der Waals surface area (Å²) < 4.78 is 0. The molecule has 1 aromatic heterocycles. The molecule has 0 aromatic carbocycles. The van der Waals surface area contributed by atoms with Gasteiger partial charge in [-0.1, -0.05) is 19.9 Å². The number of carbonyl (C=O) groups is 1. The van der Waals surface area contributed by atoms with Crippen LogP contribution in [0.4, 0.5) is 0 Å². The SMILES string of the molecule is Cc1ccc(C(=O)C(C)C)nc1. The zero-order valence-corrected chi connectivity index (χ0v) is 7.66. The zero-order valence-electron chi connectivity index (χ0n) is 7.66. The molecule has 1 aromatic rings. The minimum atomic E-state index is 0.0280. The Morgan fingerprint density at radius 3 is 2.50 bits per heavy atom. The van der Waals surface area contributed by atoms with E-state index in [0.29, 0.717) is 5.69 Å². The highest BCUT2D eigenvalue weighted by Gasteiger charge is 2.10. The largest absolute Gasteiger partial charge is 0.292 e. The fourth-order valence-corrected chi connectivity index (χ4v) is 0.909. The first kappa shape index (κ1) is 8.91. The van der Waals surface area contributed by atoms with Crippen molar-refractivity contribution in [3.05, 3.63) is 29.6 Å². The first-order valence-corrected chi connectivity index (χ1v) is 4.08. The molecule has 0 aliphatic rings. The third kappa shape index (κ3) is 1.91. The molecule has 12 heavy (non-hydrogen) atoms. The van der Waals surface area contributed by atoms with E-state index in [0.717, 1.165) is 5.56 Å². The van der Waals surface area contributed by atoms with Crippen LogP contribution in [-0.4, -0.2) is 10.8 Å². The molecule has 1 rings (SSSR count). The number of pyridine rings is 1. The van der Waals surface area contributed by atoms with Crippen LogP contribution in [0.3, 0.4) is 0 Å². The summed E-state index contributed by atoms with van der Waals surface area (Å²) in [5.74, 6) is 0.134. The van der Waals surface area contributed by atoms with E-state index in [4.69, 9.17) is 0 Å². The van der Waals surface area contributed by atoms with Crippen molar-refractivity contribution in [3.63, 3.8) is 0 Å². The van der Waals surface area contributed by atoms with Crippen molar-refractivity contribution in [2.75, 3.05) is 0 Å². The summed E-state index contributed by atoms with van der Waals surface area (Å²) in [6.07, 6.45) is 1.72. The molecule has 0 fully saturated rings. The zero-order chi connectivity index (χ0) is 9.14. The van der Waals surface area contributed by atoms with Crippen LogP contribution in [0.5, 0.6) is 0 Å². The van der Waals surface area contributed by atoms with Crippen LogP contribution in [0.2, 0.25) is 0 Å². The fourth-order valence-electron chi connectivity index (χ4n) is 0.909. The second kappa shape index (κ2) is 3.48. The Kier molecular flexibility index (Phi) is 2.58. The number of Topliss-reactive ketones (excluding diaryl/α,β-unsaturated/α-hetero) is 1. The number of aryl methyl sites for hydroxylation is 1. The highest BCUT2D eigenvalue weighted by Crippen LogP contribution is 2.05. The lowest BCUT2D eigenvalue weighted by Crippen LogP contribution is -2.09. The topological polar surface area (TPSA) is 30.0 Å². The quantitative estimate of drug-likeness (QED) is 0.626. The molecule has 0 bridgehead atoms. The van der Waals surface area contributed by atoms with Gasteiger partial charge < -0.3 is 0 Å². The van der Waals surface area contributed by atoms with E-state index in [1.165, 1.54) is 0 Å². The molecule has 0 spiro atoms. The number of ketones is 1. The van der Waals surface area contributed by atoms with Gasteiger partial charge in [-0.15, -0.1) is 0 Å². The summed E-state index contributed by atoms with van der Waals surface area (Å²) in [6.45, 7) is 5.71. The van der Waals surface area contributed by atoms with Gasteiger partial charge in [-0.2, -0.15) is 0 Å². The molecule has 0 amide bonds. The molecule has 0 radical (unpaired) electrons. The van der Waals surface area contributed by atoms with E-state index in [1.54, 1.807) is 12.3 Å². The van der Waals surface area contributed by atoms with E-state index in [1.807, 2.05) is 26.8 Å². The van der Waals surface area contributed by atoms with Gasteiger partial charge in [0.25, 0.3) is 0 Å². The lowest BCUT2D eigenvalue weighted by Gasteiger charge is -2.02. The number of rotatable bonds is 2. The minimum absolute atomic E-state index is 0.0280. The summed E-state index contributed by atoms with van der Waals surface area (Å²) in [6, 6.07) is 3.68. The molecule has 0 aliphatic heterocycles. The first-order chi connectivity index (χ1) is 5.61. The first-order valence-electron chi connectivity index (χ1n) is 4.08. The maximum atomic E-state index is 11.4. The average molecular weight is 163 g/mol. The standard InChI is InChI=1S/C10H13NO/c1-7(2)10(12)9-5-4-8(3)6-11-9/h4-7H,1-3H3. The van der Waals surface area contributed by atoms with Crippen LogP contribution in [0.15, 0.2) is 18.3 Å². The van der Waals surface area contributed by atoms with Gasteiger partial charge in [0.05, 0.1) is 0 Å². The Labute approximate surface area is 72.6 Å². The molecular formula is C10H13NO. The summed E-state index contributed by atoms with van der Waals surface area (Å²) in [4.78, 5) is 15.4. The lowest BCUT2D eigenvalue weighted by molar-refractivity contribution is 0.0934. The molecule has 0 saturated heterocycles. The number of aromatic nitrogens is 1. The molecule has 0 atom stereocenters. The summed E-state index contributed by atoms with van der Waals surface area (Å²) in [5, 5.41) is 0. The molecule has 0 N–H and O–H groups in total. The summed E-state index contributed by atoms with van der Waals surface area (Å²) in [5.41, 5.74) is 1.64. The van der Waals surface area contributed by atoms with Gasteiger partial charge in [-0.3, -0.25) is 9.78 Å². The lowest BCUT2D eigenvalue weighted by atomic mass is 10.1. The van der Waals surface area contributed by atoms with Gasteiger partial charge in [0.1, 0.15) is 5.69 Å².